The number of nitrogens with one attached hydrogen (secondary N) is 1. The van der Waals surface area contributed by atoms with Crippen LogP contribution in [0.5, 0.6) is 11.5 Å². The molecule has 3 rings (SSSR count). The molecule has 1 N–H and O–H groups in total. The van der Waals surface area contributed by atoms with Crippen molar-refractivity contribution in [1.29, 1.82) is 0 Å². The van der Waals surface area contributed by atoms with Gasteiger partial charge in [-0.1, -0.05) is 30.3 Å². The van der Waals surface area contributed by atoms with Crippen LogP contribution in [0.2, 0.25) is 0 Å². The Kier molecular flexibility index (Phi) is 4.34. The first-order valence-electron chi connectivity index (χ1n) is 7.43. The topological polar surface area (TPSA) is 21.3 Å². The maximum atomic E-state index is 5.80. The van der Waals surface area contributed by atoms with Crippen molar-refractivity contribution in [3.05, 3.63) is 60.2 Å². The van der Waals surface area contributed by atoms with Crippen molar-refractivity contribution < 1.29 is 4.74 Å². The number of ether oxygens (including phenoxy) is 1. The van der Waals surface area contributed by atoms with Crippen LogP contribution in [-0.2, 0) is 6.42 Å². The SMILES string of the molecule is c1ccc(Oc2ccc(CCC3CCNC3)cc2)cc1. The standard InChI is InChI=1S/C18H21NO/c1-2-4-17(5-3-1)20-18-10-8-15(9-11-18)6-7-16-12-13-19-14-16/h1-5,8-11,16,19H,6-7,12-14H2. The van der Waals surface area contributed by atoms with Crippen molar-refractivity contribution in [2.24, 2.45) is 5.92 Å². The van der Waals surface area contributed by atoms with E-state index in [0.29, 0.717) is 0 Å². The zero-order valence-corrected chi connectivity index (χ0v) is 11.7. The molecule has 1 unspecified atom stereocenters. The minimum absolute atomic E-state index is 0.857. The fourth-order valence-corrected chi connectivity index (χ4v) is 2.68. The number of rotatable bonds is 5. The molecular formula is C18H21NO. The molecule has 1 aliphatic heterocycles. The van der Waals surface area contributed by atoms with Crippen LogP contribution in [0.25, 0.3) is 0 Å². The summed E-state index contributed by atoms with van der Waals surface area (Å²) >= 11 is 0. The molecule has 0 bridgehead atoms. The largest absolute Gasteiger partial charge is 0.457 e. The van der Waals surface area contributed by atoms with Gasteiger partial charge in [0.15, 0.2) is 0 Å². The molecular weight excluding hydrogens is 246 g/mol. The number of hydrogen-bond acceptors (Lipinski definition) is 2. The van der Waals surface area contributed by atoms with E-state index in [-0.39, 0.29) is 0 Å². The minimum atomic E-state index is 0.857. The third-order valence-corrected chi connectivity index (χ3v) is 3.91. The molecule has 0 amide bonds. The molecule has 0 aromatic heterocycles. The van der Waals surface area contributed by atoms with Crippen LogP contribution in [0.1, 0.15) is 18.4 Å². The van der Waals surface area contributed by atoms with Crippen LogP contribution in [0.4, 0.5) is 0 Å². The molecule has 2 heteroatoms. The molecule has 0 radical (unpaired) electrons. The van der Waals surface area contributed by atoms with Crippen molar-refractivity contribution in [3.63, 3.8) is 0 Å². The maximum absolute atomic E-state index is 5.80. The van der Waals surface area contributed by atoms with Crippen molar-refractivity contribution in [2.75, 3.05) is 13.1 Å². The van der Waals surface area contributed by atoms with Gasteiger partial charge in [-0.15, -0.1) is 0 Å². The van der Waals surface area contributed by atoms with Crippen LogP contribution >= 0.6 is 0 Å². The normalized spacial score (nSPS) is 18.1. The molecule has 2 aromatic carbocycles. The molecule has 2 nitrogen and oxygen atoms in total. The van der Waals surface area contributed by atoms with E-state index in [0.717, 1.165) is 23.8 Å². The quantitative estimate of drug-likeness (QED) is 0.883. The Labute approximate surface area is 120 Å². The summed E-state index contributed by atoms with van der Waals surface area (Å²) in [5.74, 6) is 2.65. The number of para-hydroxylation sites is 1. The molecule has 1 heterocycles. The lowest BCUT2D eigenvalue weighted by molar-refractivity contribution is 0.482. The van der Waals surface area contributed by atoms with Crippen LogP contribution in [0, 0.1) is 5.92 Å². The Morgan fingerprint density at radius 3 is 2.40 bits per heavy atom. The summed E-state index contributed by atoms with van der Waals surface area (Å²) < 4.78 is 5.80. The van der Waals surface area contributed by atoms with E-state index in [4.69, 9.17) is 4.74 Å². The van der Waals surface area contributed by atoms with E-state index >= 15 is 0 Å². The Morgan fingerprint density at radius 1 is 0.950 bits per heavy atom. The Bertz CT molecular complexity index is 515. The summed E-state index contributed by atoms with van der Waals surface area (Å²) in [5, 5.41) is 3.43. The van der Waals surface area contributed by atoms with E-state index in [1.807, 2.05) is 30.3 Å². The highest BCUT2D eigenvalue weighted by molar-refractivity contribution is 5.32. The fraction of sp³-hybridized carbons (Fsp3) is 0.333. The van der Waals surface area contributed by atoms with Crippen molar-refractivity contribution >= 4 is 0 Å². The van der Waals surface area contributed by atoms with E-state index in [1.54, 1.807) is 0 Å². The third kappa shape index (κ3) is 3.61. The van der Waals surface area contributed by atoms with Gasteiger partial charge >= 0.3 is 0 Å². The second-order valence-electron chi connectivity index (χ2n) is 5.46. The zero-order valence-electron chi connectivity index (χ0n) is 11.7. The van der Waals surface area contributed by atoms with Gasteiger partial charge in [0, 0.05) is 0 Å². The van der Waals surface area contributed by atoms with E-state index in [9.17, 15) is 0 Å². The number of aryl methyl sites for hydroxylation is 1. The molecule has 1 aliphatic rings. The lowest BCUT2D eigenvalue weighted by Gasteiger charge is -2.09. The van der Waals surface area contributed by atoms with Crippen LogP contribution in [-0.4, -0.2) is 13.1 Å². The average molecular weight is 267 g/mol. The van der Waals surface area contributed by atoms with Gasteiger partial charge in [0.25, 0.3) is 0 Å². The summed E-state index contributed by atoms with van der Waals surface area (Å²) in [6, 6.07) is 18.4. The lowest BCUT2D eigenvalue weighted by atomic mass is 9.99. The Hall–Kier alpha value is -1.80. The van der Waals surface area contributed by atoms with Crippen molar-refractivity contribution in [2.45, 2.75) is 19.3 Å². The molecule has 2 aromatic rings. The summed E-state index contributed by atoms with van der Waals surface area (Å²) in [6.07, 6.45) is 3.78. The van der Waals surface area contributed by atoms with Crippen molar-refractivity contribution in [3.8, 4) is 11.5 Å². The number of hydrogen-bond donors (Lipinski definition) is 1. The first kappa shape index (κ1) is 13.2. The second-order valence-corrected chi connectivity index (χ2v) is 5.46. The predicted molar refractivity (Wildman–Crippen MR) is 82.3 cm³/mol. The fourth-order valence-electron chi connectivity index (χ4n) is 2.68. The van der Waals surface area contributed by atoms with Crippen LogP contribution in [0.15, 0.2) is 54.6 Å². The van der Waals surface area contributed by atoms with Gasteiger partial charge < -0.3 is 10.1 Å². The third-order valence-electron chi connectivity index (χ3n) is 3.91. The maximum Gasteiger partial charge on any atom is 0.127 e. The van der Waals surface area contributed by atoms with Gasteiger partial charge in [0.2, 0.25) is 0 Å². The van der Waals surface area contributed by atoms with Crippen molar-refractivity contribution in [1.82, 2.24) is 5.32 Å². The highest BCUT2D eigenvalue weighted by Gasteiger charge is 2.13. The van der Waals surface area contributed by atoms with Gasteiger partial charge in [-0.2, -0.15) is 0 Å². The number of benzene rings is 2. The van der Waals surface area contributed by atoms with E-state index in [1.165, 1.54) is 31.5 Å². The zero-order chi connectivity index (χ0) is 13.6. The highest BCUT2D eigenvalue weighted by Crippen LogP contribution is 2.22. The first-order valence-corrected chi connectivity index (χ1v) is 7.43. The minimum Gasteiger partial charge on any atom is -0.457 e. The first-order chi connectivity index (χ1) is 9.90. The molecule has 1 atom stereocenters. The van der Waals surface area contributed by atoms with Crippen LogP contribution < -0.4 is 10.1 Å². The van der Waals surface area contributed by atoms with Crippen LogP contribution in [0.3, 0.4) is 0 Å². The second kappa shape index (κ2) is 6.58. The predicted octanol–water partition coefficient (Wildman–Crippen LogP) is 4.02. The molecule has 104 valence electrons. The molecule has 20 heavy (non-hydrogen) atoms. The van der Waals surface area contributed by atoms with Gasteiger partial charge in [0.05, 0.1) is 0 Å². The summed E-state index contributed by atoms with van der Waals surface area (Å²) in [7, 11) is 0. The van der Waals surface area contributed by atoms with Gasteiger partial charge in [-0.05, 0) is 68.1 Å². The lowest BCUT2D eigenvalue weighted by Crippen LogP contribution is -2.09. The van der Waals surface area contributed by atoms with Gasteiger partial charge in [-0.25, -0.2) is 0 Å². The highest BCUT2D eigenvalue weighted by atomic mass is 16.5. The molecule has 0 saturated carbocycles. The molecule has 1 saturated heterocycles. The van der Waals surface area contributed by atoms with E-state index < -0.39 is 0 Å². The molecule has 0 spiro atoms. The molecule has 1 fully saturated rings. The monoisotopic (exact) mass is 267 g/mol. The Balaban J connectivity index is 1.54. The average Bonchev–Trinajstić information content (AvgIpc) is 3.01. The summed E-state index contributed by atoms with van der Waals surface area (Å²) in [4.78, 5) is 0. The smallest absolute Gasteiger partial charge is 0.127 e. The summed E-state index contributed by atoms with van der Waals surface area (Å²) in [6.45, 7) is 2.38. The van der Waals surface area contributed by atoms with Gasteiger partial charge in [0.1, 0.15) is 11.5 Å². The molecule has 0 aliphatic carbocycles. The summed E-state index contributed by atoms with van der Waals surface area (Å²) in [5.41, 5.74) is 1.40. The van der Waals surface area contributed by atoms with E-state index in [2.05, 4.69) is 29.6 Å². The Morgan fingerprint density at radius 2 is 1.70 bits per heavy atom. The van der Waals surface area contributed by atoms with Gasteiger partial charge in [-0.3, -0.25) is 0 Å².